The van der Waals surface area contributed by atoms with Crippen molar-refractivity contribution in [1.82, 2.24) is 5.32 Å². The number of hydrogen-bond donors (Lipinski definition) is 3. The summed E-state index contributed by atoms with van der Waals surface area (Å²) in [5, 5.41) is 24.7. The van der Waals surface area contributed by atoms with E-state index in [0.717, 1.165) is 12.8 Å². The second kappa shape index (κ2) is 8.19. The van der Waals surface area contributed by atoms with Gasteiger partial charge in [-0.15, -0.1) is 0 Å². The minimum atomic E-state index is -4.21. The Morgan fingerprint density at radius 1 is 1.11 bits per heavy atom. The predicted molar refractivity (Wildman–Crippen MR) is 139 cm³/mol. The van der Waals surface area contributed by atoms with Crippen LogP contribution in [-0.4, -0.2) is 36.2 Å². The molecule has 2 heterocycles. The van der Waals surface area contributed by atoms with Crippen LogP contribution in [0, 0.1) is 22.7 Å². The van der Waals surface area contributed by atoms with E-state index in [1.54, 1.807) is 18.2 Å². The molecule has 2 aliphatic carbocycles. The van der Waals surface area contributed by atoms with Crippen LogP contribution in [0.3, 0.4) is 0 Å². The van der Waals surface area contributed by atoms with Gasteiger partial charge in [0, 0.05) is 16.9 Å². The van der Waals surface area contributed by atoms with Gasteiger partial charge in [-0.05, 0) is 61.6 Å². The molecule has 204 valence electrons. The average Bonchev–Trinajstić information content (AvgIpc) is 3.16. The molecule has 0 saturated heterocycles. The molecule has 0 aromatic heterocycles. The first-order chi connectivity index (χ1) is 17.8. The number of carbonyl (C=O) groups excluding carboxylic acids is 1. The molecular formula is C29H35NO7S. The third-order valence-corrected chi connectivity index (χ3v) is 11.6. The van der Waals surface area contributed by atoms with Gasteiger partial charge >= 0.3 is 0 Å². The van der Waals surface area contributed by atoms with Crippen LogP contribution >= 0.6 is 0 Å². The lowest BCUT2D eigenvalue weighted by molar-refractivity contribution is -0.234. The van der Waals surface area contributed by atoms with Crippen LogP contribution < -0.4 is 10.1 Å². The summed E-state index contributed by atoms with van der Waals surface area (Å²) in [6, 6.07) is 9.17. The molecule has 0 radical (unpaired) electrons. The van der Waals surface area contributed by atoms with Crippen molar-refractivity contribution in [2.75, 3.05) is 0 Å². The quantitative estimate of drug-likeness (QED) is 0.491. The van der Waals surface area contributed by atoms with E-state index >= 15 is 0 Å². The molecule has 6 unspecified atom stereocenters. The third kappa shape index (κ3) is 3.34. The first kappa shape index (κ1) is 25.6. The zero-order chi connectivity index (χ0) is 27.3. The highest BCUT2D eigenvalue weighted by atomic mass is 32.2. The van der Waals surface area contributed by atoms with Gasteiger partial charge in [0.2, 0.25) is 0 Å². The Kier molecular flexibility index (Phi) is 5.53. The van der Waals surface area contributed by atoms with E-state index in [2.05, 4.69) is 33.0 Å². The van der Waals surface area contributed by atoms with Gasteiger partial charge in [-0.25, -0.2) is 4.18 Å². The Morgan fingerprint density at radius 3 is 2.53 bits per heavy atom. The number of fused-ring (bicyclic) bond motifs is 3. The number of amides is 1. The third-order valence-electron chi connectivity index (χ3n) is 10.3. The smallest absolute Gasteiger partial charge is 0.299 e. The maximum atomic E-state index is 13.1. The van der Waals surface area contributed by atoms with E-state index in [0.29, 0.717) is 36.1 Å². The number of rotatable bonds is 3. The van der Waals surface area contributed by atoms with Crippen molar-refractivity contribution in [2.45, 2.75) is 82.6 Å². The second-order valence-corrected chi connectivity index (χ2v) is 13.9. The molecule has 38 heavy (non-hydrogen) atoms. The van der Waals surface area contributed by atoms with Gasteiger partial charge in [0.1, 0.15) is 17.1 Å². The SMILES string of the molecule is CC1CCC2C(C)(C)C(O)CCC23Oc2c(c(O)cc4c2C(OS(=O)(=O)c2ccccc2)NC4=O)CC13C. The number of aliphatic hydroxyl groups is 1. The highest BCUT2D eigenvalue weighted by Gasteiger charge is 2.68. The normalized spacial score (nSPS) is 35.2. The van der Waals surface area contributed by atoms with Crippen LogP contribution in [0.15, 0.2) is 41.3 Å². The minimum absolute atomic E-state index is 0.0216. The van der Waals surface area contributed by atoms with Gasteiger partial charge < -0.3 is 20.3 Å². The highest BCUT2D eigenvalue weighted by molar-refractivity contribution is 7.86. The zero-order valence-electron chi connectivity index (χ0n) is 22.2. The first-order valence-electron chi connectivity index (χ1n) is 13.4. The van der Waals surface area contributed by atoms with Gasteiger partial charge in [-0.2, -0.15) is 8.42 Å². The van der Waals surface area contributed by atoms with Crippen molar-refractivity contribution in [3.63, 3.8) is 0 Å². The molecule has 4 aliphatic rings. The lowest BCUT2D eigenvalue weighted by Crippen LogP contribution is -2.70. The summed E-state index contributed by atoms with van der Waals surface area (Å²) in [6.45, 7) is 8.62. The summed E-state index contributed by atoms with van der Waals surface area (Å²) in [5.41, 5.74) is -0.386. The number of aliphatic hydroxyl groups excluding tert-OH is 1. The molecule has 6 atom stereocenters. The van der Waals surface area contributed by atoms with Crippen LogP contribution in [0.1, 0.15) is 81.1 Å². The first-order valence-corrected chi connectivity index (χ1v) is 14.8. The topological polar surface area (TPSA) is 122 Å². The van der Waals surface area contributed by atoms with Crippen LogP contribution in [0.5, 0.6) is 11.5 Å². The number of benzene rings is 2. The average molecular weight is 542 g/mol. The van der Waals surface area contributed by atoms with E-state index < -0.39 is 39.4 Å². The molecule has 1 amide bonds. The summed E-state index contributed by atoms with van der Waals surface area (Å²) in [4.78, 5) is 13.0. The number of nitrogens with one attached hydrogen (secondary N) is 1. The fraction of sp³-hybridized carbons (Fsp3) is 0.552. The monoisotopic (exact) mass is 541 g/mol. The lowest BCUT2D eigenvalue weighted by Gasteiger charge is -2.67. The van der Waals surface area contributed by atoms with Gasteiger partial charge in [0.05, 0.1) is 22.1 Å². The number of ether oxygens (including phenoxy) is 1. The maximum Gasteiger partial charge on any atom is 0.299 e. The molecule has 1 spiro atoms. The Balaban J connectivity index is 1.51. The molecule has 2 aromatic carbocycles. The van der Waals surface area contributed by atoms with Crippen LogP contribution in [0.4, 0.5) is 0 Å². The summed E-state index contributed by atoms with van der Waals surface area (Å²) in [5.74, 6) is 0.0737. The molecule has 2 saturated carbocycles. The van der Waals surface area contributed by atoms with Crippen LogP contribution in [0.25, 0.3) is 0 Å². The Hall–Kier alpha value is -2.62. The van der Waals surface area contributed by atoms with Gasteiger partial charge in [0.15, 0.2) is 6.23 Å². The van der Waals surface area contributed by atoms with Crippen molar-refractivity contribution in [2.24, 2.45) is 22.7 Å². The van der Waals surface area contributed by atoms with Crippen molar-refractivity contribution < 1.29 is 32.3 Å². The van der Waals surface area contributed by atoms with Crippen molar-refractivity contribution in [1.29, 1.82) is 0 Å². The zero-order valence-corrected chi connectivity index (χ0v) is 23.0. The molecule has 2 aliphatic heterocycles. The summed E-state index contributed by atoms with van der Waals surface area (Å²) < 4.78 is 38.9. The van der Waals surface area contributed by atoms with Crippen LogP contribution in [-0.2, 0) is 20.7 Å². The fourth-order valence-corrected chi connectivity index (χ4v) is 8.83. The second-order valence-electron chi connectivity index (χ2n) is 12.4. The molecule has 3 N–H and O–H groups in total. The lowest BCUT2D eigenvalue weighted by atomic mass is 9.43. The van der Waals surface area contributed by atoms with E-state index in [1.807, 2.05) is 0 Å². The summed E-state index contributed by atoms with van der Waals surface area (Å²) >= 11 is 0. The Labute approximate surface area is 223 Å². The standard InChI is InChI=1S/C29H35NO7S/c1-16-10-11-21-27(2,3)22(32)12-13-29(21)28(16,4)15-19-20(31)14-18-23(24(19)36-29)26(30-25(18)33)37-38(34,35)17-8-6-5-7-9-17/h5-9,14,16,21-22,26,31-32H,10-13,15H2,1-4H3,(H,30,33). The number of phenolic OH excluding ortho intramolecular Hbond substituents is 1. The van der Waals surface area contributed by atoms with Crippen molar-refractivity contribution in [3.05, 3.63) is 53.1 Å². The molecule has 8 nitrogen and oxygen atoms in total. The molecular weight excluding hydrogens is 506 g/mol. The van der Waals surface area contributed by atoms with Crippen LogP contribution in [0.2, 0.25) is 0 Å². The van der Waals surface area contributed by atoms with Crippen molar-refractivity contribution in [3.8, 4) is 11.5 Å². The van der Waals surface area contributed by atoms with E-state index in [9.17, 15) is 23.4 Å². The maximum absolute atomic E-state index is 13.1. The molecule has 2 fully saturated rings. The van der Waals surface area contributed by atoms with Gasteiger partial charge in [-0.3, -0.25) is 4.79 Å². The van der Waals surface area contributed by atoms with Gasteiger partial charge in [0.25, 0.3) is 16.0 Å². The predicted octanol–water partition coefficient (Wildman–Crippen LogP) is 4.45. The molecule has 2 aromatic rings. The number of aromatic hydroxyl groups is 1. The molecule has 6 rings (SSSR count). The fourth-order valence-electron chi connectivity index (χ4n) is 7.83. The van der Waals surface area contributed by atoms with E-state index in [4.69, 9.17) is 8.92 Å². The summed E-state index contributed by atoms with van der Waals surface area (Å²) in [6.07, 6.45) is 1.81. The number of hydrogen-bond acceptors (Lipinski definition) is 7. The number of carbonyl (C=O) groups is 1. The Morgan fingerprint density at radius 2 is 1.82 bits per heavy atom. The molecule has 9 heteroatoms. The van der Waals surface area contributed by atoms with Gasteiger partial charge in [-0.1, -0.05) is 45.9 Å². The Bertz CT molecular complexity index is 1420. The summed E-state index contributed by atoms with van der Waals surface area (Å²) in [7, 11) is -4.21. The van der Waals surface area contributed by atoms with E-state index in [-0.39, 0.29) is 33.5 Å². The largest absolute Gasteiger partial charge is 0.508 e. The highest BCUT2D eigenvalue weighted by Crippen LogP contribution is 2.67. The number of phenols is 1. The minimum Gasteiger partial charge on any atom is -0.508 e. The molecule has 0 bridgehead atoms. The van der Waals surface area contributed by atoms with Crippen molar-refractivity contribution >= 4 is 16.0 Å². The van der Waals surface area contributed by atoms with E-state index in [1.165, 1.54) is 18.2 Å².